The second-order valence-electron chi connectivity index (χ2n) is 3.62. The highest BCUT2D eigenvalue weighted by Gasteiger charge is 2.02. The summed E-state index contributed by atoms with van der Waals surface area (Å²) in [7, 11) is 1.72. The van der Waals surface area contributed by atoms with Gasteiger partial charge in [-0.3, -0.25) is 4.90 Å². The Balaban J connectivity index is 3.40. The van der Waals surface area contributed by atoms with E-state index < -0.39 is 0 Å². The molecule has 0 spiro atoms. The molecule has 0 rings (SSSR count). The van der Waals surface area contributed by atoms with Crippen LogP contribution in [-0.4, -0.2) is 50.0 Å². The molecule has 3 heteroatoms. The summed E-state index contributed by atoms with van der Waals surface area (Å²) >= 11 is 0. The number of methoxy groups -OCH3 is 1. The second-order valence-corrected chi connectivity index (χ2v) is 3.62. The van der Waals surface area contributed by atoms with Crippen LogP contribution in [-0.2, 0) is 4.74 Å². The Morgan fingerprint density at radius 3 is 2.43 bits per heavy atom. The van der Waals surface area contributed by atoms with Crippen LogP contribution >= 0.6 is 0 Å². The highest BCUT2D eigenvalue weighted by molar-refractivity contribution is 4.56. The van der Waals surface area contributed by atoms with Crippen molar-refractivity contribution >= 4 is 0 Å². The molecule has 0 saturated carbocycles. The molecule has 3 nitrogen and oxygen atoms in total. The van der Waals surface area contributed by atoms with Crippen LogP contribution < -0.4 is 0 Å². The average Bonchev–Trinajstić information content (AvgIpc) is 2.20. The first-order valence-corrected chi connectivity index (χ1v) is 5.67. The van der Waals surface area contributed by atoms with Crippen molar-refractivity contribution in [3.8, 4) is 0 Å². The molecule has 1 N–H and O–H groups in total. The smallest absolute Gasteiger partial charge is 0.0589 e. The predicted octanol–water partition coefficient (Wildman–Crippen LogP) is 1.51. The maximum atomic E-state index is 8.86. The maximum absolute atomic E-state index is 8.86. The number of nitrogens with zero attached hydrogens (tertiary/aromatic N) is 1. The van der Waals surface area contributed by atoms with Gasteiger partial charge in [0.25, 0.3) is 0 Å². The van der Waals surface area contributed by atoms with Gasteiger partial charge in [0.05, 0.1) is 13.2 Å². The molecule has 0 radical (unpaired) electrons. The minimum atomic E-state index is 0.248. The fraction of sp³-hybridized carbons (Fsp3) is 1.00. The van der Waals surface area contributed by atoms with E-state index in [-0.39, 0.29) is 6.61 Å². The Hall–Kier alpha value is -0.120. The third-order valence-electron chi connectivity index (χ3n) is 2.36. The van der Waals surface area contributed by atoms with Crippen LogP contribution in [0.3, 0.4) is 0 Å². The lowest BCUT2D eigenvalue weighted by atomic mass is 10.2. The molecule has 0 atom stereocenters. The monoisotopic (exact) mass is 203 g/mol. The molecule has 86 valence electrons. The minimum absolute atomic E-state index is 0.248. The number of hydrogen-bond acceptors (Lipinski definition) is 3. The van der Waals surface area contributed by atoms with Gasteiger partial charge in [-0.1, -0.05) is 26.2 Å². The van der Waals surface area contributed by atoms with Crippen molar-refractivity contribution in [2.45, 2.75) is 32.6 Å². The van der Waals surface area contributed by atoms with Crippen LogP contribution in [0, 0.1) is 0 Å². The van der Waals surface area contributed by atoms with E-state index in [1.54, 1.807) is 7.11 Å². The first-order valence-electron chi connectivity index (χ1n) is 5.67. The van der Waals surface area contributed by atoms with E-state index in [9.17, 15) is 0 Å². The van der Waals surface area contributed by atoms with Crippen molar-refractivity contribution in [1.82, 2.24) is 4.90 Å². The standard InChI is InChI=1S/C11H25NO2/c1-3-4-5-6-7-12(8-10-13)9-11-14-2/h13H,3-11H2,1-2H3. The lowest BCUT2D eigenvalue weighted by Gasteiger charge is -2.20. The van der Waals surface area contributed by atoms with E-state index in [0.29, 0.717) is 0 Å². The molecule has 0 saturated heterocycles. The lowest BCUT2D eigenvalue weighted by molar-refractivity contribution is 0.129. The van der Waals surface area contributed by atoms with Gasteiger partial charge < -0.3 is 9.84 Å². The quantitative estimate of drug-likeness (QED) is 0.546. The van der Waals surface area contributed by atoms with E-state index in [0.717, 1.165) is 26.2 Å². The van der Waals surface area contributed by atoms with Crippen LogP contribution in [0.1, 0.15) is 32.6 Å². The summed E-state index contributed by atoms with van der Waals surface area (Å²) < 4.78 is 5.02. The summed E-state index contributed by atoms with van der Waals surface area (Å²) in [6, 6.07) is 0. The number of aliphatic hydroxyl groups is 1. The van der Waals surface area contributed by atoms with Crippen molar-refractivity contribution in [1.29, 1.82) is 0 Å². The number of ether oxygens (including phenoxy) is 1. The molecule has 0 fully saturated rings. The maximum Gasteiger partial charge on any atom is 0.0589 e. The van der Waals surface area contributed by atoms with Crippen molar-refractivity contribution in [2.24, 2.45) is 0 Å². The molecule has 14 heavy (non-hydrogen) atoms. The predicted molar refractivity (Wildman–Crippen MR) is 59.5 cm³/mol. The van der Waals surface area contributed by atoms with Gasteiger partial charge in [-0.2, -0.15) is 0 Å². The third-order valence-corrected chi connectivity index (χ3v) is 2.36. The molecule has 0 aromatic heterocycles. The van der Waals surface area contributed by atoms with E-state index >= 15 is 0 Å². The van der Waals surface area contributed by atoms with Gasteiger partial charge >= 0.3 is 0 Å². The van der Waals surface area contributed by atoms with Crippen molar-refractivity contribution in [2.75, 3.05) is 40.0 Å². The summed E-state index contributed by atoms with van der Waals surface area (Å²) in [5.41, 5.74) is 0. The van der Waals surface area contributed by atoms with Gasteiger partial charge in [0.2, 0.25) is 0 Å². The third kappa shape index (κ3) is 8.48. The van der Waals surface area contributed by atoms with Gasteiger partial charge in [0, 0.05) is 20.2 Å². The van der Waals surface area contributed by atoms with Crippen LogP contribution in [0.15, 0.2) is 0 Å². The molecule has 0 aromatic rings. The largest absolute Gasteiger partial charge is 0.395 e. The van der Waals surface area contributed by atoms with Crippen molar-refractivity contribution < 1.29 is 9.84 Å². The molecule has 0 aromatic carbocycles. The Morgan fingerprint density at radius 2 is 1.86 bits per heavy atom. The highest BCUT2D eigenvalue weighted by Crippen LogP contribution is 2.01. The first kappa shape index (κ1) is 13.9. The zero-order chi connectivity index (χ0) is 10.6. The van der Waals surface area contributed by atoms with Crippen LogP contribution in [0.25, 0.3) is 0 Å². The summed E-state index contributed by atoms with van der Waals surface area (Å²) in [6.45, 7) is 6.02. The minimum Gasteiger partial charge on any atom is -0.395 e. The van der Waals surface area contributed by atoms with Gasteiger partial charge in [-0.15, -0.1) is 0 Å². The normalized spacial score (nSPS) is 11.1. The molecule has 0 amide bonds. The molecular formula is C11H25NO2. The van der Waals surface area contributed by atoms with Gasteiger partial charge in [0.15, 0.2) is 0 Å². The molecule has 0 aliphatic rings. The van der Waals surface area contributed by atoms with Gasteiger partial charge in [-0.25, -0.2) is 0 Å². The number of aliphatic hydroxyl groups excluding tert-OH is 1. The number of rotatable bonds is 10. The average molecular weight is 203 g/mol. The molecule has 0 aliphatic heterocycles. The van der Waals surface area contributed by atoms with Crippen LogP contribution in [0.5, 0.6) is 0 Å². The zero-order valence-electron chi connectivity index (χ0n) is 9.67. The molecular weight excluding hydrogens is 178 g/mol. The summed E-state index contributed by atoms with van der Waals surface area (Å²) in [6.07, 6.45) is 5.12. The van der Waals surface area contributed by atoms with Gasteiger partial charge in [-0.05, 0) is 13.0 Å². The second kappa shape index (κ2) is 11.0. The van der Waals surface area contributed by atoms with Crippen molar-refractivity contribution in [3.63, 3.8) is 0 Å². The molecule has 0 bridgehead atoms. The Labute approximate surface area is 88.1 Å². The van der Waals surface area contributed by atoms with Crippen molar-refractivity contribution in [3.05, 3.63) is 0 Å². The Bertz CT molecular complexity index is 109. The fourth-order valence-electron chi connectivity index (χ4n) is 1.46. The van der Waals surface area contributed by atoms with Crippen LogP contribution in [0.2, 0.25) is 0 Å². The number of unbranched alkanes of at least 4 members (excludes halogenated alkanes) is 3. The molecule has 0 heterocycles. The van der Waals surface area contributed by atoms with E-state index in [1.165, 1.54) is 25.7 Å². The van der Waals surface area contributed by atoms with Crippen LogP contribution in [0.4, 0.5) is 0 Å². The number of hydrogen-bond donors (Lipinski definition) is 1. The summed E-state index contributed by atoms with van der Waals surface area (Å²) in [4.78, 5) is 2.26. The molecule has 0 unspecified atom stereocenters. The Kier molecular flexibility index (Phi) is 10.9. The van der Waals surface area contributed by atoms with E-state index in [2.05, 4.69) is 11.8 Å². The summed E-state index contributed by atoms with van der Waals surface area (Å²) in [5, 5.41) is 8.86. The van der Waals surface area contributed by atoms with Gasteiger partial charge in [0.1, 0.15) is 0 Å². The highest BCUT2D eigenvalue weighted by atomic mass is 16.5. The van der Waals surface area contributed by atoms with E-state index in [4.69, 9.17) is 9.84 Å². The zero-order valence-corrected chi connectivity index (χ0v) is 9.67. The first-order chi connectivity index (χ1) is 6.85. The molecule has 0 aliphatic carbocycles. The van der Waals surface area contributed by atoms with E-state index in [1.807, 2.05) is 0 Å². The SMILES string of the molecule is CCCCCCN(CCO)CCOC. The summed E-state index contributed by atoms with van der Waals surface area (Å²) in [5.74, 6) is 0. The Morgan fingerprint density at radius 1 is 1.07 bits per heavy atom. The topological polar surface area (TPSA) is 32.7 Å². The fourth-order valence-corrected chi connectivity index (χ4v) is 1.46. The lowest BCUT2D eigenvalue weighted by Crippen LogP contribution is -2.31.